The van der Waals surface area contributed by atoms with E-state index in [1.54, 1.807) is 0 Å². The van der Waals surface area contributed by atoms with E-state index >= 15 is 0 Å². The van der Waals surface area contributed by atoms with E-state index in [1.807, 2.05) is 67.3 Å². The number of carbonyl (C=O) groups is 1. The number of rotatable bonds is 3. The lowest BCUT2D eigenvalue weighted by Gasteiger charge is -2.36. The molecule has 1 saturated heterocycles. The minimum Gasteiger partial charge on any atom is -0.353 e. The fourth-order valence-electron chi connectivity index (χ4n) is 3.65. The summed E-state index contributed by atoms with van der Waals surface area (Å²) in [6.07, 6.45) is 0. The first-order chi connectivity index (χ1) is 14.4. The number of anilines is 1. The summed E-state index contributed by atoms with van der Waals surface area (Å²) in [4.78, 5) is 26.5. The number of carbonyl (C=O) groups excluding carboxylic acids is 1. The molecule has 4 rings (SSSR count). The Balaban J connectivity index is 1.52. The molecule has 0 aliphatic carbocycles. The highest BCUT2D eigenvalue weighted by atomic mass is 35.5. The van der Waals surface area contributed by atoms with Crippen molar-refractivity contribution in [3.05, 3.63) is 75.9 Å². The molecule has 1 aliphatic rings. The number of benzene rings is 2. The molecular formula is C24H25ClN4O. The van der Waals surface area contributed by atoms with Gasteiger partial charge in [-0.25, -0.2) is 9.97 Å². The van der Waals surface area contributed by atoms with Gasteiger partial charge in [0.1, 0.15) is 5.82 Å². The fourth-order valence-corrected chi connectivity index (χ4v) is 3.78. The maximum atomic E-state index is 12.8. The third-order valence-electron chi connectivity index (χ3n) is 5.63. The van der Waals surface area contributed by atoms with Crippen molar-refractivity contribution in [1.29, 1.82) is 0 Å². The second kappa shape index (κ2) is 8.44. The molecule has 0 spiro atoms. The van der Waals surface area contributed by atoms with Gasteiger partial charge in [-0.2, -0.15) is 0 Å². The van der Waals surface area contributed by atoms with Crippen LogP contribution >= 0.6 is 11.6 Å². The number of amides is 1. The van der Waals surface area contributed by atoms with Crippen LogP contribution in [0.5, 0.6) is 0 Å². The van der Waals surface area contributed by atoms with Crippen molar-refractivity contribution in [3.63, 3.8) is 0 Å². The zero-order valence-corrected chi connectivity index (χ0v) is 18.3. The van der Waals surface area contributed by atoms with Gasteiger partial charge >= 0.3 is 0 Å². The van der Waals surface area contributed by atoms with Crippen molar-refractivity contribution in [3.8, 4) is 11.4 Å². The van der Waals surface area contributed by atoms with Gasteiger partial charge in [0.05, 0.1) is 0 Å². The van der Waals surface area contributed by atoms with Crippen molar-refractivity contribution in [2.75, 3.05) is 31.1 Å². The summed E-state index contributed by atoms with van der Waals surface area (Å²) >= 11 is 6.02. The van der Waals surface area contributed by atoms with Gasteiger partial charge < -0.3 is 9.80 Å². The lowest BCUT2D eigenvalue weighted by molar-refractivity contribution is 0.0746. The van der Waals surface area contributed by atoms with Crippen LogP contribution in [0.2, 0.25) is 5.02 Å². The molecule has 6 heteroatoms. The SMILES string of the molecule is Cc1ccc(C(=O)N2CCN(c3nc(-c4ccc(Cl)cc4)nc(C)c3C)CC2)cc1. The summed E-state index contributed by atoms with van der Waals surface area (Å²) < 4.78 is 0. The molecular weight excluding hydrogens is 396 g/mol. The molecule has 2 heterocycles. The van der Waals surface area contributed by atoms with Gasteiger partial charge in [-0.1, -0.05) is 29.3 Å². The van der Waals surface area contributed by atoms with Gasteiger partial charge in [-0.05, 0) is 57.2 Å². The third kappa shape index (κ3) is 4.17. The van der Waals surface area contributed by atoms with E-state index in [0.717, 1.165) is 46.9 Å². The van der Waals surface area contributed by atoms with Crippen LogP contribution in [0.1, 0.15) is 27.2 Å². The molecule has 0 atom stereocenters. The van der Waals surface area contributed by atoms with E-state index in [-0.39, 0.29) is 5.91 Å². The quantitative estimate of drug-likeness (QED) is 0.617. The molecule has 0 unspecified atom stereocenters. The first kappa shape index (κ1) is 20.4. The minimum absolute atomic E-state index is 0.0899. The molecule has 154 valence electrons. The van der Waals surface area contributed by atoms with Crippen LogP contribution in [0.4, 0.5) is 5.82 Å². The molecule has 1 fully saturated rings. The van der Waals surface area contributed by atoms with Crippen molar-refractivity contribution in [1.82, 2.24) is 14.9 Å². The maximum absolute atomic E-state index is 12.8. The molecule has 3 aromatic rings. The van der Waals surface area contributed by atoms with Crippen LogP contribution < -0.4 is 4.90 Å². The van der Waals surface area contributed by atoms with Gasteiger partial charge in [0.15, 0.2) is 5.82 Å². The summed E-state index contributed by atoms with van der Waals surface area (Å²) in [6, 6.07) is 15.3. The number of piperazine rings is 1. The van der Waals surface area contributed by atoms with Crippen LogP contribution in [0.25, 0.3) is 11.4 Å². The Kier molecular flexibility index (Phi) is 5.73. The van der Waals surface area contributed by atoms with E-state index < -0.39 is 0 Å². The predicted octanol–water partition coefficient (Wildman–Crippen LogP) is 4.68. The standard InChI is InChI=1S/C24H25ClN4O/c1-16-4-6-20(7-5-16)24(30)29-14-12-28(13-15-29)23-17(2)18(3)26-22(27-23)19-8-10-21(25)11-9-19/h4-11H,12-15H2,1-3H3. The van der Waals surface area contributed by atoms with Gasteiger partial charge in [-0.3, -0.25) is 4.79 Å². The zero-order valence-electron chi connectivity index (χ0n) is 17.5. The number of nitrogens with zero attached hydrogens (tertiary/aromatic N) is 4. The largest absolute Gasteiger partial charge is 0.353 e. The molecule has 5 nitrogen and oxygen atoms in total. The summed E-state index contributed by atoms with van der Waals surface area (Å²) in [7, 11) is 0. The Bertz CT molecular complexity index is 1060. The van der Waals surface area contributed by atoms with E-state index in [9.17, 15) is 4.79 Å². The summed E-state index contributed by atoms with van der Waals surface area (Å²) in [6.45, 7) is 8.93. The van der Waals surface area contributed by atoms with Crippen molar-refractivity contribution >= 4 is 23.3 Å². The van der Waals surface area contributed by atoms with Gasteiger partial charge in [0, 0.05) is 53.6 Å². The molecule has 1 aliphatic heterocycles. The number of hydrogen-bond donors (Lipinski definition) is 0. The van der Waals surface area contributed by atoms with Crippen molar-refractivity contribution in [2.24, 2.45) is 0 Å². The molecule has 30 heavy (non-hydrogen) atoms. The molecule has 0 radical (unpaired) electrons. The fraction of sp³-hybridized carbons (Fsp3) is 0.292. The number of hydrogen-bond acceptors (Lipinski definition) is 4. The van der Waals surface area contributed by atoms with E-state index in [2.05, 4.69) is 16.8 Å². The second-order valence-corrected chi connectivity index (χ2v) is 8.17. The Labute approximate surface area is 182 Å². The third-order valence-corrected chi connectivity index (χ3v) is 5.88. The molecule has 0 bridgehead atoms. The summed E-state index contributed by atoms with van der Waals surface area (Å²) in [5.74, 6) is 1.73. The Morgan fingerprint density at radius 2 is 1.50 bits per heavy atom. The monoisotopic (exact) mass is 420 g/mol. The second-order valence-electron chi connectivity index (χ2n) is 7.73. The molecule has 1 amide bonds. The van der Waals surface area contributed by atoms with Gasteiger partial charge in [-0.15, -0.1) is 0 Å². The number of aryl methyl sites for hydroxylation is 2. The van der Waals surface area contributed by atoms with Crippen molar-refractivity contribution in [2.45, 2.75) is 20.8 Å². The Morgan fingerprint density at radius 3 is 2.13 bits per heavy atom. The van der Waals surface area contributed by atoms with Gasteiger partial charge in [0.2, 0.25) is 0 Å². The highest BCUT2D eigenvalue weighted by Crippen LogP contribution is 2.26. The smallest absolute Gasteiger partial charge is 0.253 e. The number of halogens is 1. The normalized spacial score (nSPS) is 14.1. The average molecular weight is 421 g/mol. The highest BCUT2D eigenvalue weighted by molar-refractivity contribution is 6.30. The summed E-state index contributed by atoms with van der Waals surface area (Å²) in [5, 5.41) is 0.692. The Morgan fingerprint density at radius 1 is 0.867 bits per heavy atom. The lowest BCUT2D eigenvalue weighted by Crippen LogP contribution is -2.49. The first-order valence-corrected chi connectivity index (χ1v) is 10.5. The van der Waals surface area contributed by atoms with E-state index in [0.29, 0.717) is 23.9 Å². The van der Waals surface area contributed by atoms with Crippen LogP contribution in [-0.4, -0.2) is 47.0 Å². The van der Waals surface area contributed by atoms with Crippen LogP contribution in [0, 0.1) is 20.8 Å². The molecule has 2 aromatic carbocycles. The Hall–Kier alpha value is -2.92. The summed E-state index contributed by atoms with van der Waals surface area (Å²) in [5.41, 5.74) is 4.88. The molecule has 0 saturated carbocycles. The highest BCUT2D eigenvalue weighted by Gasteiger charge is 2.24. The minimum atomic E-state index is 0.0899. The van der Waals surface area contributed by atoms with Gasteiger partial charge in [0.25, 0.3) is 5.91 Å². The average Bonchev–Trinajstić information content (AvgIpc) is 2.76. The lowest BCUT2D eigenvalue weighted by atomic mass is 10.1. The zero-order chi connectivity index (χ0) is 21.3. The predicted molar refractivity (Wildman–Crippen MR) is 121 cm³/mol. The maximum Gasteiger partial charge on any atom is 0.253 e. The van der Waals surface area contributed by atoms with E-state index in [4.69, 9.17) is 16.6 Å². The number of aromatic nitrogens is 2. The molecule has 1 aromatic heterocycles. The van der Waals surface area contributed by atoms with Crippen LogP contribution in [0.3, 0.4) is 0 Å². The first-order valence-electron chi connectivity index (χ1n) is 10.1. The van der Waals surface area contributed by atoms with E-state index in [1.165, 1.54) is 0 Å². The van der Waals surface area contributed by atoms with Crippen LogP contribution in [0.15, 0.2) is 48.5 Å². The van der Waals surface area contributed by atoms with Crippen LogP contribution in [-0.2, 0) is 0 Å². The topological polar surface area (TPSA) is 49.3 Å². The van der Waals surface area contributed by atoms with Crippen molar-refractivity contribution < 1.29 is 4.79 Å². The molecule has 0 N–H and O–H groups in total.